The molecule has 2 aromatic carbocycles. The van der Waals surface area contributed by atoms with Gasteiger partial charge in [-0.3, -0.25) is 9.10 Å². The minimum Gasteiger partial charge on any atom is -0.484 e. The van der Waals surface area contributed by atoms with E-state index < -0.39 is 10.0 Å². The van der Waals surface area contributed by atoms with Crippen molar-refractivity contribution in [3.05, 3.63) is 70.5 Å². The van der Waals surface area contributed by atoms with Crippen LogP contribution in [0.25, 0.3) is 0 Å². The van der Waals surface area contributed by atoms with E-state index in [2.05, 4.69) is 21.2 Å². The first kappa shape index (κ1) is 20.4. The van der Waals surface area contributed by atoms with Crippen molar-refractivity contribution < 1.29 is 17.9 Å². The molecule has 0 fully saturated rings. The summed E-state index contributed by atoms with van der Waals surface area (Å²) in [5.74, 6) is 0.181. The van der Waals surface area contributed by atoms with E-state index in [0.29, 0.717) is 17.1 Å². The van der Waals surface area contributed by atoms with Gasteiger partial charge in [-0.2, -0.15) is 0 Å². The number of hydrogen-bond acceptors (Lipinski definition) is 5. The minimum atomic E-state index is -3.58. The summed E-state index contributed by atoms with van der Waals surface area (Å²) in [5, 5.41) is 4.45. The quantitative estimate of drug-likeness (QED) is 0.545. The van der Waals surface area contributed by atoms with E-state index in [1.54, 1.807) is 53.9 Å². The van der Waals surface area contributed by atoms with Crippen molar-refractivity contribution >= 4 is 54.6 Å². The number of halogens is 1. The highest BCUT2D eigenvalue weighted by atomic mass is 79.9. The number of nitrogens with zero attached hydrogens (tertiary/aromatic N) is 1. The van der Waals surface area contributed by atoms with Gasteiger partial charge in [-0.1, -0.05) is 22.0 Å². The zero-order chi connectivity index (χ0) is 20.1. The Morgan fingerprint density at radius 1 is 1.11 bits per heavy atom. The second-order valence-electron chi connectivity index (χ2n) is 5.74. The highest BCUT2D eigenvalue weighted by molar-refractivity contribution is 9.10. The monoisotopic (exact) mass is 480 g/mol. The fourth-order valence-corrected chi connectivity index (χ4v) is 4.94. The van der Waals surface area contributed by atoms with Crippen molar-refractivity contribution in [2.75, 3.05) is 23.3 Å². The average molecular weight is 481 g/mol. The van der Waals surface area contributed by atoms with Crippen LogP contribution in [-0.4, -0.2) is 28.0 Å². The Morgan fingerprint density at radius 2 is 1.79 bits per heavy atom. The van der Waals surface area contributed by atoms with Gasteiger partial charge in [0.2, 0.25) is 0 Å². The molecule has 0 unspecified atom stereocenters. The Balaban J connectivity index is 1.58. The van der Waals surface area contributed by atoms with Crippen molar-refractivity contribution in [3.8, 4) is 5.75 Å². The zero-order valence-electron chi connectivity index (χ0n) is 14.8. The van der Waals surface area contributed by atoms with Crippen LogP contribution in [0.2, 0.25) is 0 Å². The first-order valence-electron chi connectivity index (χ1n) is 8.17. The molecule has 0 spiro atoms. The van der Waals surface area contributed by atoms with Crippen LogP contribution in [0.15, 0.2) is 74.7 Å². The van der Waals surface area contributed by atoms with Gasteiger partial charge in [0.15, 0.2) is 6.61 Å². The van der Waals surface area contributed by atoms with Gasteiger partial charge in [-0.05, 0) is 60.0 Å². The Bertz CT molecular complexity index is 1030. The van der Waals surface area contributed by atoms with Crippen molar-refractivity contribution in [3.63, 3.8) is 0 Å². The van der Waals surface area contributed by atoms with Crippen molar-refractivity contribution in [1.29, 1.82) is 0 Å². The molecule has 0 atom stereocenters. The summed E-state index contributed by atoms with van der Waals surface area (Å²) in [4.78, 5) is 12.0. The van der Waals surface area contributed by atoms with E-state index >= 15 is 0 Å². The molecule has 1 heterocycles. The zero-order valence-corrected chi connectivity index (χ0v) is 18.1. The third-order valence-corrected chi connectivity index (χ3v) is 7.50. The number of nitrogens with one attached hydrogen (secondary N) is 1. The average Bonchev–Trinajstić information content (AvgIpc) is 3.24. The van der Waals surface area contributed by atoms with Gasteiger partial charge >= 0.3 is 0 Å². The molecule has 3 rings (SSSR count). The molecule has 1 aromatic heterocycles. The lowest BCUT2D eigenvalue weighted by Gasteiger charge is -2.18. The number of ether oxygens (including phenoxy) is 1. The highest BCUT2D eigenvalue weighted by Gasteiger charge is 2.22. The summed E-state index contributed by atoms with van der Waals surface area (Å²) in [6.07, 6.45) is 0. The van der Waals surface area contributed by atoms with Crippen LogP contribution in [0, 0.1) is 0 Å². The standard InChI is InChI=1S/C19H17BrN2O4S2/c1-22(28(24,25)19-3-2-12-27-19)16-8-10-17(11-9-16)26-13-18(23)21-15-6-4-14(20)5-7-15/h2-12H,13H2,1H3,(H,21,23). The second-order valence-corrected chi connectivity index (χ2v) is 9.80. The summed E-state index contributed by atoms with van der Waals surface area (Å²) in [5.41, 5.74) is 1.17. The predicted octanol–water partition coefficient (Wildman–Crippen LogP) is 4.35. The number of thiophene rings is 1. The predicted molar refractivity (Wildman–Crippen MR) is 115 cm³/mol. The number of carbonyl (C=O) groups is 1. The molecule has 0 bridgehead atoms. The van der Waals surface area contributed by atoms with Crippen LogP contribution < -0.4 is 14.4 Å². The first-order chi connectivity index (χ1) is 13.4. The van der Waals surface area contributed by atoms with Crippen LogP contribution in [0.5, 0.6) is 5.75 Å². The molecule has 0 saturated heterocycles. The summed E-state index contributed by atoms with van der Waals surface area (Å²) in [7, 11) is -2.08. The lowest BCUT2D eigenvalue weighted by molar-refractivity contribution is -0.118. The van der Waals surface area contributed by atoms with E-state index in [9.17, 15) is 13.2 Å². The smallest absolute Gasteiger partial charge is 0.273 e. The lowest BCUT2D eigenvalue weighted by Crippen LogP contribution is -2.25. The molecule has 0 radical (unpaired) electrons. The molecule has 28 heavy (non-hydrogen) atoms. The molecular formula is C19H17BrN2O4S2. The summed E-state index contributed by atoms with van der Waals surface area (Å²) in [6.45, 7) is -0.154. The van der Waals surface area contributed by atoms with Crippen molar-refractivity contribution in [1.82, 2.24) is 0 Å². The molecular weight excluding hydrogens is 464 g/mol. The van der Waals surface area contributed by atoms with Gasteiger partial charge in [-0.15, -0.1) is 11.3 Å². The third-order valence-electron chi connectivity index (χ3n) is 3.81. The van der Waals surface area contributed by atoms with E-state index in [4.69, 9.17) is 4.74 Å². The Labute approximate surface area is 175 Å². The molecule has 6 nitrogen and oxygen atoms in total. The highest BCUT2D eigenvalue weighted by Crippen LogP contribution is 2.26. The number of carbonyl (C=O) groups excluding carboxylic acids is 1. The van der Waals surface area contributed by atoms with E-state index in [0.717, 1.165) is 4.47 Å². The van der Waals surface area contributed by atoms with Crippen LogP contribution in [-0.2, 0) is 14.8 Å². The maximum Gasteiger partial charge on any atom is 0.273 e. The fourth-order valence-electron chi connectivity index (χ4n) is 2.32. The number of sulfonamides is 1. The van der Waals surface area contributed by atoms with Gasteiger partial charge in [0, 0.05) is 17.2 Å². The van der Waals surface area contributed by atoms with Gasteiger partial charge < -0.3 is 10.1 Å². The third kappa shape index (κ3) is 4.92. The summed E-state index contributed by atoms with van der Waals surface area (Å²) < 4.78 is 33.0. The largest absolute Gasteiger partial charge is 0.484 e. The molecule has 0 aliphatic carbocycles. The summed E-state index contributed by atoms with van der Waals surface area (Å²) in [6, 6.07) is 17.0. The van der Waals surface area contributed by atoms with Crippen molar-refractivity contribution in [2.45, 2.75) is 4.21 Å². The number of amides is 1. The minimum absolute atomic E-state index is 0.154. The Kier molecular flexibility index (Phi) is 6.38. The van der Waals surface area contributed by atoms with E-state index in [-0.39, 0.29) is 16.7 Å². The van der Waals surface area contributed by atoms with Crippen LogP contribution >= 0.6 is 27.3 Å². The number of benzene rings is 2. The van der Waals surface area contributed by atoms with Crippen LogP contribution in [0.1, 0.15) is 0 Å². The maximum atomic E-state index is 12.5. The van der Waals surface area contributed by atoms with Gasteiger partial charge in [0.25, 0.3) is 15.9 Å². The number of anilines is 2. The topological polar surface area (TPSA) is 75.7 Å². The Hall–Kier alpha value is -2.36. The molecule has 1 N–H and O–H groups in total. The number of rotatable bonds is 7. The molecule has 3 aromatic rings. The molecule has 9 heteroatoms. The molecule has 0 aliphatic rings. The molecule has 146 valence electrons. The molecule has 0 saturated carbocycles. The van der Waals surface area contributed by atoms with Gasteiger partial charge in [-0.25, -0.2) is 8.42 Å². The van der Waals surface area contributed by atoms with E-state index in [1.807, 2.05) is 12.1 Å². The fraction of sp³-hybridized carbons (Fsp3) is 0.105. The Morgan fingerprint density at radius 3 is 2.39 bits per heavy atom. The second kappa shape index (κ2) is 8.76. The van der Waals surface area contributed by atoms with Gasteiger partial charge in [0.05, 0.1) is 5.69 Å². The van der Waals surface area contributed by atoms with Crippen LogP contribution in [0.3, 0.4) is 0 Å². The lowest BCUT2D eigenvalue weighted by atomic mass is 10.3. The van der Waals surface area contributed by atoms with E-state index in [1.165, 1.54) is 22.7 Å². The summed E-state index contributed by atoms with van der Waals surface area (Å²) >= 11 is 4.50. The number of hydrogen-bond donors (Lipinski definition) is 1. The molecule has 1 amide bonds. The first-order valence-corrected chi connectivity index (χ1v) is 11.3. The van der Waals surface area contributed by atoms with Crippen LogP contribution in [0.4, 0.5) is 11.4 Å². The normalized spacial score (nSPS) is 11.1. The molecule has 0 aliphatic heterocycles. The SMILES string of the molecule is CN(c1ccc(OCC(=O)Nc2ccc(Br)cc2)cc1)S(=O)(=O)c1cccs1. The maximum absolute atomic E-state index is 12.5. The van der Waals surface area contributed by atoms with Crippen molar-refractivity contribution in [2.24, 2.45) is 0 Å². The van der Waals surface area contributed by atoms with Gasteiger partial charge in [0.1, 0.15) is 9.96 Å².